The zero-order valence-electron chi connectivity index (χ0n) is 25.1. The Morgan fingerprint density at radius 1 is 0.810 bits per heavy atom. The van der Waals surface area contributed by atoms with Crippen LogP contribution in [0.15, 0.2) is 97.6 Å². The van der Waals surface area contributed by atoms with Crippen molar-refractivity contribution in [3.63, 3.8) is 0 Å². The number of benzene rings is 4. The summed E-state index contributed by atoms with van der Waals surface area (Å²) in [4.78, 5) is 0. The average Bonchev–Trinajstić information content (AvgIpc) is 2.97. The van der Waals surface area contributed by atoms with Gasteiger partial charge in [0, 0.05) is 19.1 Å². The lowest BCUT2D eigenvalue weighted by Crippen LogP contribution is -2.12. The van der Waals surface area contributed by atoms with E-state index in [0.29, 0.717) is 27.7 Å². The fourth-order valence-electron chi connectivity index (χ4n) is 4.89. The van der Waals surface area contributed by atoms with Gasteiger partial charge >= 0.3 is 7.60 Å². The zero-order valence-corrected chi connectivity index (χ0v) is 26.9. The van der Waals surface area contributed by atoms with Crippen LogP contribution in [0.2, 0.25) is 0 Å². The molecule has 2 atom stereocenters. The molecule has 0 radical (unpaired) electrons. The molecule has 0 fully saturated rings. The van der Waals surface area contributed by atoms with Gasteiger partial charge in [-0.3, -0.25) is 9.09 Å². The van der Waals surface area contributed by atoms with Crippen molar-refractivity contribution in [3.05, 3.63) is 114 Å². The number of aryl methyl sites for hydroxylation is 2. The molecule has 7 heteroatoms. The van der Waals surface area contributed by atoms with Crippen LogP contribution in [0.5, 0.6) is 11.5 Å². The highest BCUT2D eigenvalue weighted by Gasteiger charge is 2.32. The van der Waals surface area contributed by atoms with Gasteiger partial charge in [-0.25, -0.2) is 4.57 Å². The summed E-state index contributed by atoms with van der Waals surface area (Å²) in [5.74, 6) is 0.742. The number of hydrogen-bond donors (Lipinski definition) is 0. The molecule has 0 saturated carbocycles. The van der Waals surface area contributed by atoms with Crippen molar-refractivity contribution >= 4 is 31.1 Å². The van der Waals surface area contributed by atoms with E-state index in [1.807, 2.05) is 80.6 Å². The number of rotatable bonds is 13. The molecule has 0 aromatic heterocycles. The predicted molar refractivity (Wildman–Crippen MR) is 176 cm³/mol. The van der Waals surface area contributed by atoms with Gasteiger partial charge in [0.25, 0.3) is 7.37 Å². The first-order valence-corrected chi connectivity index (χ1v) is 17.9. The fraction of sp³-hybridized carbons (Fsp3) is 0.257. The summed E-state index contributed by atoms with van der Waals surface area (Å²) in [5.41, 5.74) is 5.02. The number of hydrogen-bond acceptors (Lipinski definition) is 5. The highest BCUT2D eigenvalue weighted by Crippen LogP contribution is 2.54. The molecule has 5 nitrogen and oxygen atoms in total. The van der Waals surface area contributed by atoms with Crippen LogP contribution in [0.4, 0.5) is 0 Å². The van der Waals surface area contributed by atoms with Crippen LogP contribution in [0.1, 0.15) is 49.8 Å². The monoisotopic (exact) mass is 602 g/mol. The average molecular weight is 603 g/mol. The Hall–Kier alpha value is -3.36. The molecule has 0 N–H and O–H groups in total. The SMILES string of the molecule is C=C(C)c1ccc(C)cc1-c1c(OP(C)(=O)c2ccccc2)cc(CCCCC)cc1OP(=O)(OC)c1ccccc1. The van der Waals surface area contributed by atoms with Crippen molar-refractivity contribution in [1.82, 2.24) is 0 Å². The second-order valence-electron chi connectivity index (χ2n) is 10.6. The summed E-state index contributed by atoms with van der Waals surface area (Å²) in [6.45, 7) is 11.9. The lowest BCUT2D eigenvalue weighted by atomic mass is 9.91. The van der Waals surface area contributed by atoms with Crippen molar-refractivity contribution in [1.29, 1.82) is 0 Å². The molecule has 0 heterocycles. The lowest BCUT2D eigenvalue weighted by molar-refractivity contribution is 0.334. The first-order chi connectivity index (χ1) is 20.1. The van der Waals surface area contributed by atoms with E-state index in [0.717, 1.165) is 53.5 Å². The van der Waals surface area contributed by atoms with Gasteiger partial charge in [-0.15, -0.1) is 0 Å². The highest BCUT2D eigenvalue weighted by molar-refractivity contribution is 7.66. The molecule has 42 heavy (non-hydrogen) atoms. The molecule has 220 valence electrons. The van der Waals surface area contributed by atoms with Gasteiger partial charge in [-0.05, 0) is 79.8 Å². The smallest absolute Gasteiger partial charge is 0.410 e. The third kappa shape index (κ3) is 7.34. The molecule has 4 aromatic carbocycles. The van der Waals surface area contributed by atoms with Gasteiger partial charge in [-0.1, -0.05) is 92.1 Å². The van der Waals surface area contributed by atoms with Crippen LogP contribution >= 0.6 is 15.0 Å². The zero-order chi connectivity index (χ0) is 30.3. The topological polar surface area (TPSA) is 61.8 Å². The Balaban J connectivity index is 2.01. The second kappa shape index (κ2) is 13.7. The largest absolute Gasteiger partial charge is 0.439 e. The quantitative estimate of drug-likeness (QED) is 0.113. The maximum absolute atomic E-state index is 14.3. The van der Waals surface area contributed by atoms with Crippen LogP contribution in [0.25, 0.3) is 16.7 Å². The van der Waals surface area contributed by atoms with E-state index in [1.165, 1.54) is 7.11 Å². The lowest BCUT2D eigenvalue weighted by Gasteiger charge is -2.25. The highest BCUT2D eigenvalue weighted by atomic mass is 31.2. The van der Waals surface area contributed by atoms with Gasteiger partial charge in [0.2, 0.25) is 0 Å². The van der Waals surface area contributed by atoms with E-state index in [1.54, 1.807) is 30.9 Å². The molecule has 0 aliphatic heterocycles. The number of allylic oxidation sites excluding steroid dienone is 1. The van der Waals surface area contributed by atoms with E-state index in [-0.39, 0.29) is 0 Å². The Bertz CT molecular complexity index is 1630. The van der Waals surface area contributed by atoms with Crippen LogP contribution in [0, 0.1) is 6.92 Å². The Kier molecular flexibility index (Phi) is 10.3. The first-order valence-electron chi connectivity index (χ1n) is 14.3. The fourth-order valence-corrected chi connectivity index (χ4v) is 7.56. The molecule has 0 spiro atoms. The van der Waals surface area contributed by atoms with Crippen molar-refractivity contribution in [2.75, 3.05) is 13.8 Å². The maximum atomic E-state index is 14.3. The third-order valence-corrected chi connectivity index (χ3v) is 10.8. The molecule has 4 rings (SSSR count). The molecule has 0 amide bonds. The van der Waals surface area contributed by atoms with E-state index >= 15 is 0 Å². The number of unbranched alkanes of at least 4 members (excludes halogenated alkanes) is 2. The molecular formula is C35H40O5P2. The van der Waals surface area contributed by atoms with Crippen LogP contribution in [0.3, 0.4) is 0 Å². The standard InChI is InChI=1S/C35H40O5P2/c1-7-8-11-16-28-24-33(39-41(6,36)29-17-12-9-13-18-29)35(32-23-27(4)21-22-31(32)26(2)3)34(25-28)40-42(37,38-5)30-19-14-10-15-20-30/h9-10,12-15,17-25H,2,7-8,11,16H2,1,3-6H3. The normalized spacial score (nSPS) is 14.0. The molecule has 0 aliphatic rings. The van der Waals surface area contributed by atoms with Crippen LogP contribution < -0.4 is 19.7 Å². The summed E-state index contributed by atoms with van der Waals surface area (Å²) in [6, 6.07) is 28.0. The summed E-state index contributed by atoms with van der Waals surface area (Å²) in [7, 11) is -5.74. The molecule has 4 aromatic rings. The molecule has 2 unspecified atom stereocenters. The third-order valence-electron chi connectivity index (χ3n) is 7.13. The van der Waals surface area contributed by atoms with E-state index in [2.05, 4.69) is 13.5 Å². The van der Waals surface area contributed by atoms with Crippen molar-refractivity contribution in [2.45, 2.75) is 46.5 Å². The Morgan fingerprint density at radius 2 is 1.40 bits per heavy atom. The van der Waals surface area contributed by atoms with E-state index in [9.17, 15) is 9.13 Å². The Labute approximate surface area is 250 Å². The summed E-state index contributed by atoms with van der Waals surface area (Å²) in [5, 5.41) is 1.04. The second-order valence-corrected chi connectivity index (χ2v) is 15.1. The summed E-state index contributed by atoms with van der Waals surface area (Å²) in [6.07, 6.45) is 3.84. The van der Waals surface area contributed by atoms with Crippen molar-refractivity contribution < 1.29 is 22.7 Å². The van der Waals surface area contributed by atoms with Gasteiger partial charge < -0.3 is 9.05 Å². The molecule has 0 bridgehead atoms. The maximum Gasteiger partial charge on any atom is 0.410 e. The van der Waals surface area contributed by atoms with Gasteiger partial charge in [-0.2, -0.15) is 0 Å². The molecule has 0 saturated heterocycles. The van der Waals surface area contributed by atoms with E-state index in [4.69, 9.17) is 13.6 Å². The van der Waals surface area contributed by atoms with E-state index < -0.39 is 15.0 Å². The minimum atomic E-state index is -3.80. The van der Waals surface area contributed by atoms with Crippen molar-refractivity contribution in [2.24, 2.45) is 0 Å². The van der Waals surface area contributed by atoms with Gasteiger partial charge in [0.1, 0.15) is 11.5 Å². The summed E-state index contributed by atoms with van der Waals surface area (Å²) >= 11 is 0. The van der Waals surface area contributed by atoms with Crippen LogP contribution in [-0.4, -0.2) is 13.8 Å². The molecule has 0 aliphatic carbocycles. The van der Waals surface area contributed by atoms with Gasteiger partial charge in [0.15, 0.2) is 0 Å². The predicted octanol–water partition coefficient (Wildman–Crippen LogP) is 9.58. The molecular weight excluding hydrogens is 562 g/mol. The van der Waals surface area contributed by atoms with Gasteiger partial charge in [0.05, 0.1) is 10.9 Å². The summed E-state index contributed by atoms with van der Waals surface area (Å²) < 4.78 is 46.9. The van der Waals surface area contributed by atoms with Crippen LogP contribution in [-0.2, 0) is 20.1 Å². The first kappa shape index (κ1) is 31.6. The van der Waals surface area contributed by atoms with Crippen molar-refractivity contribution in [3.8, 4) is 22.6 Å². The minimum Gasteiger partial charge on any atom is -0.439 e. The minimum absolute atomic E-state index is 0.342. The Morgan fingerprint density at radius 3 is 1.98 bits per heavy atom.